The molecule has 3 N–H and O–H groups in total. The SMILES string of the molecule is Cc1ncc(C(=O)NC(C)C(F)(F)F)c(N2CC[C@](C)(N)C2)c1-c1cc(F)cc(F)c1. The maximum atomic E-state index is 13.9. The first kappa shape index (κ1) is 22.9. The van der Waals surface area contributed by atoms with Crippen LogP contribution in [0.2, 0.25) is 0 Å². The van der Waals surface area contributed by atoms with Crippen LogP contribution in [-0.4, -0.2) is 41.7 Å². The highest BCUT2D eigenvalue weighted by molar-refractivity contribution is 6.04. The van der Waals surface area contributed by atoms with Crippen LogP contribution < -0.4 is 16.0 Å². The summed E-state index contributed by atoms with van der Waals surface area (Å²) in [6, 6.07) is 0.797. The molecule has 1 aromatic carbocycles. The summed E-state index contributed by atoms with van der Waals surface area (Å²) in [5.74, 6) is -2.65. The van der Waals surface area contributed by atoms with Crippen molar-refractivity contribution in [3.05, 3.63) is 47.3 Å². The van der Waals surface area contributed by atoms with E-state index >= 15 is 0 Å². The standard InChI is InChI=1S/C21H23F5N4O/c1-11-17(13-6-14(22)8-15(23)7-13)18(30-5-4-20(3,27)10-30)16(9-28-11)19(31)29-12(2)21(24,25)26/h6-9,12H,4-5,10,27H2,1-3H3,(H,29,31)/t12?,20-/m0/s1. The van der Waals surface area contributed by atoms with Gasteiger partial charge in [0, 0.05) is 42.1 Å². The molecular weight excluding hydrogens is 419 g/mol. The Hall–Kier alpha value is -2.75. The fraction of sp³-hybridized carbons (Fsp3) is 0.429. The van der Waals surface area contributed by atoms with E-state index in [4.69, 9.17) is 5.73 Å². The van der Waals surface area contributed by atoms with Crippen LogP contribution in [0.25, 0.3) is 11.1 Å². The first-order valence-corrected chi connectivity index (χ1v) is 9.66. The van der Waals surface area contributed by atoms with E-state index in [-0.39, 0.29) is 22.4 Å². The van der Waals surface area contributed by atoms with Crippen molar-refractivity contribution in [3.63, 3.8) is 0 Å². The second-order valence-corrected chi connectivity index (χ2v) is 8.20. The molecule has 1 amide bonds. The molecule has 2 heterocycles. The van der Waals surface area contributed by atoms with Crippen LogP contribution in [0.15, 0.2) is 24.4 Å². The Labute approximate surface area is 176 Å². The van der Waals surface area contributed by atoms with Crippen LogP contribution in [-0.2, 0) is 0 Å². The van der Waals surface area contributed by atoms with Gasteiger partial charge in [-0.15, -0.1) is 0 Å². The lowest BCUT2D eigenvalue weighted by atomic mass is 9.97. The summed E-state index contributed by atoms with van der Waals surface area (Å²) in [6.45, 7) is 4.95. The fourth-order valence-electron chi connectivity index (χ4n) is 3.66. The van der Waals surface area contributed by atoms with Crippen molar-refractivity contribution in [2.75, 3.05) is 18.0 Å². The molecule has 0 aliphatic carbocycles. The average Bonchev–Trinajstić information content (AvgIpc) is 2.99. The van der Waals surface area contributed by atoms with Gasteiger partial charge in [0.25, 0.3) is 5.91 Å². The molecular formula is C21H23F5N4O. The van der Waals surface area contributed by atoms with E-state index < -0.39 is 35.3 Å². The van der Waals surface area contributed by atoms with Gasteiger partial charge in [-0.3, -0.25) is 9.78 Å². The highest BCUT2D eigenvalue weighted by atomic mass is 19.4. The number of nitrogens with zero attached hydrogens (tertiary/aromatic N) is 2. The molecule has 1 aromatic heterocycles. The Morgan fingerprint density at radius 2 is 1.87 bits per heavy atom. The number of nitrogens with one attached hydrogen (secondary N) is 1. The first-order valence-electron chi connectivity index (χ1n) is 9.66. The zero-order valence-corrected chi connectivity index (χ0v) is 17.3. The van der Waals surface area contributed by atoms with Crippen molar-refractivity contribution >= 4 is 11.6 Å². The summed E-state index contributed by atoms with van der Waals surface area (Å²) >= 11 is 0. The summed E-state index contributed by atoms with van der Waals surface area (Å²) in [6.07, 6.45) is -2.90. The predicted molar refractivity (Wildman–Crippen MR) is 107 cm³/mol. The lowest BCUT2D eigenvalue weighted by Gasteiger charge is -2.28. The summed E-state index contributed by atoms with van der Waals surface area (Å²) in [5.41, 5.74) is 6.50. The number of nitrogens with two attached hydrogens (primary N) is 1. The number of aryl methyl sites for hydroxylation is 1. The van der Waals surface area contributed by atoms with Crippen LogP contribution in [0.1, 0.15) is 36.3 Å². The van der Waals surface area contributed by atoms with E-state index in [0.717, 1.165) is 19.1 Å². The number of halogens is 5. The Kier molecular flexibility index (Phi) is 5.96. The smallest absolute Gasteiger partial charge is 0.368 e. The molecule has 1 fully saturated rings. The summed E-state index contributed by atoms with van der Waals surface area (Å²) in [4.78, 5) is 18.7. The average molecular weight is 442 g/mol. The van der Waals surface area contributed by atoms with E-state index in [2.05, 4.69) is 4.98 Å². The van der Waals surface area contributed by atoms with Gasteiger partial charge in [-0.05, 0) is 44.9 Å². The number of benzene rings is 1. The van der Waals surface area contributed by atoms with E-state index in [9.17, 15) is 26.7 Å². The van der Waals surface area contributed by atoms with E-state index in [0.29, 0.717) is 31.3 Å². The highest BCUT2D eigenvalue weighted by Crippen LogP contribution is 2.39. The summed E-state index contributed by atoms with van der Waals surface area (Å²) < 4.78 is 66.8. The minimum atomic E-state index is -4.63. The Morgan fingerprint density at radius 1 is 1.26 bits per heavy atom. The lowest BCUT2D eigenvalue weighted by Crippen LogP contribution is -2.44. The Balaban J connectivity index is 2.19. The lowest BCUT2D eigenvalue weighted by molar-refractivity contribution is -0.149. The second-order valence-electron chi connectivity index (χ2n) is 8.20. The zero-order chi connectivity index (χ0) is 23.1. The molecule has 0 spiro atoms. The predicted octanol–water partition coefficient (Wildman–Crippen LogP) is 3.94. The van der Waals surface area contributed by atoms with Gasteiger partial charge in [0.15, 0.2) is 0 Å². The number of pyridine rings is 1. The van der Waals surface area contributed by atoms with Gasteiger partial charge in [-0.25, -0.2) is 8.78 Å². The number of anilines is 1. The van der Waals surface area contributed by atoms with Crippen molar-refractivity contribution < 1.29 is 26.7 Å². The third kappa shape index (κ3) is 4.95. The summed E-state index contributed by atoms with van der Waals surface area (Å²) in [7, 11) is 0. The van der Waals surface area contributed by atoms with Crippen LogP contribution in [0.3, 0.4) is 0 Å². The van der Waals surface area contributed by atoms with Crippen molar-refractivity contribution in [2.24, 2.45) is 5.73 Å². The molecule has 0 saturated carbocycles. The molecule has 2 atom stereocenters. The van der Waals surface area contributed by atoms with E-state index in [1.807, 2.05) is 12.2 Å². The van der Waals surface area contributed by atoms with Gasteiger partial charge in [0.2, 0.25) is 0 Å². The third-order valence-electron chi connectivity index (χ3n) is 5.30. The number of amides is 1. The monoisotopic (exact) mass is 442 g/mol. The van der Waals surface area contributed by atoms with Crippen molar-refractivity contribution in [1.29, 1.82) is 0 Å². The minimum Gasteiger partial charge on any atom is -0.368 e. The number of carbonyl (C=O) groups excluding carboxylic acids is 1. The van der Waals surface area contributed by atoms with Crippen LogP contribution in [0.5, 0.6) is 0 Å². The largest absolute Gasteiger partial charge is 0.408 e. The molecule has 2 aromatic rings. The van der Waals surface area contributed by atoms with Crippen LogP contribution in [0, 0.1) is 18.6 Å². The quantitative estimate of drug-likeness (QED) is 0.704. The molecule has 10 heteroatoms. The Morgan fingerprint density at radius 3 is 2.39 bits per heavy atom. The Bertz CT molecular complexity index is 986. The second kappa shape index (κ2) is 8.07. The van der Waals surface area contributed by atoms with Gasteiger partial charge in [-0.1, -0.05) is 0 Å². The van der Waals surface area contributed by atoms with Gasteiger partial charge in [-0.2, -0.15) is 13.2 Å². The molecule has 1 aliphatic heterocycles. The van der Waals surface area contributed by atoms with Crippen LogP contribution in [0.4, 0.5) is 27.6 Å². The van der Waals surface area contributed by atoms with Crippen molar-refractivity contribution in [2.45, 2.75) is 44.9 Å². The zero-order valence-electron chi connectivity index (χ0n) is 17.3. The maximum absolute atomic E-state index is 13.9. The van der Waals surface area contributed by atoms with Crippen LogP contribution >= 0.6 is 0 Å². The molecule has 0 radical (unpaired) electrons. The van der Waals surface area contributed by atoms with Gasteiger partial charge >= 0.3 is 6.18 Å². The molecule has 168 valence electrons. The normalized spacial score (nSPS) is 20.1. The number of aromatic nitrogens is 1. The highest BCUT2D eigenvalue weighted by Gasteiger charge is 2.39. The molecule has 1 saturated heterocycles. The summed E-state index contributed by atoms with van der Waals surface area (Å²) in [5, 5.41) is 1.93. The first-order chi connectivity index (χ1) is 14.3. The maximum Gasteiger partial charge on any atom is 0.408 e. The topological polar surface area (TPSA) is 71.2 Å². The minimum absolute atomic E-state index is 0.126. The van der Waals surface area contributed by atoms with Gasteiger partial charge in [0.1, 0.15) is 17.7 Å². The molecule has 31 heavy (non-hydrogen) atoms. The fourth-order valence-corrected chi connectivity index (χ4v) is 3.66. The molecule has 1 aliphatic rings. The van der Waals surface area contributed by atoms with Gasteiger partial charge in [0.05, 0.1) is 11.3 Å². The number of rotatable bonds is 4. The number of hydrogen-bond donors (Lipinski definition) is 2. The van der Waals surface area contributed by atoms with E-state index in [1.54, 1.807) is 11.8 Å². The molecule has 0 bridgehead atoms. The number of hydrogen-bond acceptors (Lipinski definition) is 4. The molecule has 3 rings (SSSR count). The number of carbonyl (C=O) groups is 1. The number of alkyl halides is 3. The molecule has 5 nitrogen and oxygen atoms in total. The van der Waals surface area contributed by atoms with Gasteiger partial charge < -0.3 is 16.0 Å². The van der Waals surface area contributed by atoms with Crippen molar-refractivity contribution in [1.82, 2.24) is 10.3 Å². The van der Waals surface area contributed by atoms with Crippen molar-refractivity contribution in [3.8, 4) is 11.1 Å². The van der Waals surface area contributed by atoms with E-state index in [1.165, 1.54) is 6.20 Å². The molecule has 1 unspecified atom stereocenters. The third-order valence-corrected chi connectivity index (χ3v) is 5.30.